The molecule has 0 fully saturated rings. The predicted octanol–water partition coefficient (Wildman–Crippen LogP) is 4.82. The Morgan fingerprint density at radius 1 is 0.792 bits per heavy atom. The lowest BCUT2D eigenvalue weighted by Crippen LogP contribution is -2.01. The predicted molar refractivity (Wildman–Crippen MR) is 94.9 cm³/mol. The van der Waals surface area contributed by atoms with E-state index >= 15 is 0 Å². The fourth-order valence-corrected chi connectivity index (χ4v) is 2.56. The second-order valence-corrected chi connectivity index (χ2v) is 6.01. The number of hydrogen-bond donors (Lipinski definition) is 0. The molecule has 0 aliphatic rings. The molecule has 0 aromatic heterocycles. The van der Waals surface area contributed by atoms with Crippen molar-refractivity contribution in [1.29, 1.82) is 10.5 Å². The topological polar surface area (TPSA) is 66.0 Å². The van der Waals surface area contributed by atoms with Gasteiger partial charge in [-0.1, -0.05) is 0 Å². The number of halogens is 1. The molecule has 0 saturated carbocycles. The summed E-state index contributed by atoms with van der Waals surface area (Å²) in [5.74, 6) is 1.54. The van der Waals surface area contributed by atoms with Gasteiger partial charge in [0.05, 0.1) is 41.0 Å². The molecule has 2 aromatic carbocycles. The van der Waals surface area contributed by atoms with E-state index in [2.05, 4.69) is 28.1 Å². The van der Waals surface area contributed by atoms with Gasteiger partial charge in [0.1, 0.15) is 11.5 Å². The zero-order valence-electron chi connectivity index (χ0n) is 13.2. The highest BCUT2D eigenvalue weighted by molar-refractivity contribution is 9.10. The van der Waals surface area contributed by atoms with Gasteiger partial charge in [-0.15, -0.1) is 0 Å². The number of hydrogen-bond acceptors (Lipinski definition) is 4. The van der Waals surface area contributed by atoms with Gasteiger partial charge in [0, 0.05) is 0 Å². The quantitative estimate of drug-likeness (QED) is 0.611. The Morgan fingerprint density at radius 2 is 1.42 bits per heavy atom. The average Bonchev–Trinajstić information content (AvgIpc) is 2.62. The summed E-state index contributed by atoms with van der Waals surface area (Å²) in [5.41, 5.74) is 1.24. The van der Waals surface area contributed by atoms with Crippen LogP contribution < -0.4 is 9.47 Å². The van der Waals surface area contributed by atoms with Gasteiger partial charge in [-0.2, -0.15) is 10.5 Å². The van der Waals surface area contributed by atoms with Crippen LogP contribution in [0.5, 0.6) is 11.5 Å². The van der Waals surface area contributed by atoms with Crippen molar-refractivity contribution in [2.45, 2.75) is 19.3 Å². The summed E-state index contributed by atoms with van der Waals surface area (Å²) in [5, 5.41) is 17.6. The maximum atomic E-state index is 8.82. The average molecular weight is 385 g/mol. The Balaban J connectivity index is 1.60. The molecule has 0 radical (unpaired) electrons. The summed E-state index contributed by atoms with van der Waals surface area (Å²) in [6.45, 7) is 1.27. The van der Waals surface area contributed by atoms with Crippen LogP contribution in [-0.2, 0) is 0 Å². The first-order chi connectivity index (χ1) is 11.7. The van der Waals surface area contributed by atoms with Crippen molar-refractivity contribution in [1.82, 2.24) is 0 Å². The molecule has 2 aromatic rings. The molecule has 0 amide bonds. The van der Waals surface area contributed by atoms with Gasteiger partial charge >= 0.3 is 0 Å². The van der Waals surface area contributed by atoms with E-state index in [1.807, 2.05) is 12.1 Å². The van der Waals surface area contributed by atoms with Crippen LogP contribution in [-0.4, -0.2) is 13.2 Å². The molecule has 0 N–H and O–H groups in total. The highest BCUT2D eigenvalue weighted by atomic mass is 79.9. The van der Waals surface area contributed by atoms with Crippen molar-refractivity contribution in [2.75, 3.05) is 13.2 Å². The van der Waals surface area contributed by atoms with Crippen LogP contribution in [0, 0.1) is 22.7 Å². The minimum atomic E-state index is 0.606. The van der Waals surface area contributed by atoms with Gasteiger partial charge in [-0.05, 0) is 77.7 Å². The van der Waals surface area contributed by atoms with E-state index in [0.717, 1.165) is 35.2 Å². The third kappa shape index (κ3) is 5.61. The minimum Gasteiger partial charge on any atom is -0.494 e. The number of ether oxygens (including phenoxy) is 2. The lowest BCUT2D eigenvalue weighted by Gasteiger charge is -2.09. The Morgan fingerprint density at radius 3 is 2.04 bits per heavy atom. The molecule has 2 rings (SSSR count). The van der Waals surface area contributed by atoms with E-state index in [0.29, 0.717) is 24.3 Å². The van der Waals surface area contributed by atoms with Crippen molar-refractivity contribution in [3.63, 3.8) is 0 Å². The second-order valence-electron chi connectivity index (χ2n) is 5.15. The zero-order valence-corrected chi connectivity index (χ0v) is 14.8. The molecule has 24 heavy (non-hydrogen) atoms. The van der Waals surface area contributed by atoms with Crippen LogP contribution >= 0.6 is 15.9 Å². The van der Waals surface area contributed by atoms with Crippen molar-refractivity contribution in [3.05, 3.63) is 58.1 Å². The molecule has 0 unspecified atom stereocenters. The van der Waals surface area contributed by atoms with Crippen molar-refractivity contribution in [3.8, 4) is 23.6 Å². The maximum absolute atomic E-state index is 8.82. The second kappa shape index (κ2) is 9.60. The van der Waals surface area contributed by atoms with E-state index in [1.165, 1.54) is 0 Å². The molecule has 0 saturated heterocycles. The van der Waals surface area contributed by atoms with Crippen molar-refractivity contribution >= 4 is 15.9 Å². The number of rotatable bonds is 8. The van der Waals surface area contributed by atoms with E-state index in [1.54, 1.807) is 30.3 Å². The molecular weight excluding hydrogens is 368 g/mol. The summed E-state index contributed by atoms with van der Waals surface area (Å²) in [6, 6.07) is 16.6. The zero-order chi connectivity index (χ0) is 17.2. The lowest BCUT2D eigenvalue weighted by molar-refractivity contribution is 0.278. The van der Waals surface area contributed by atoms with Gasteiger partial charge < -0.3 is 9.47 Å². The summed E-state index contributed by atoms with van der Waals surface area (Å²) < 4.78 is 12.1. The van der Waals surface area contributed by atoms with Gasteiger partial charge in [-0.3, -0.25) is 0 Å². The highest BCUT2D eigenvalue weighted by Crippen LogP contribution is 2.26. The fourth-order valence-electron chi connectivity index (χ4n) is 2.07. The standard InChI is InChI=1S/C19H17BrN2O2/c20-18-12-16(14-22)6-9-19(18)24-11-3-1-2-10-23-17-7-4-15(13-21)5-8-17/h4-9,12H,1-3,10-11H2. The fraction of sp³-hybridized carbons (Fsp3) is 0.263. The van der Waals surface area contributed by atoms with E-state index < -0.39 is 0 Å². The van der Waals surface area contributed by atoms with Gasteiger partial charge in [0.15, 0.2) is 0 Å². The van der Waals surface area contributed by atoms with Crippen molar-refractivity contribution < 1.29 is 9.47 Å². The molecule has 0 aliphatic carbocycles. The molecule has 4 nitrogen and oxygen atoms in total. The largest absolute Gasteiger partial charge is 0.494 e. The van der Waals surface area contributed by atoms with Gasteiger partial charge in [0.25, 0.3) is 0 Å². The summed E-state index contributed by atoms with van der Waals surface area (Å²) in [4.78, 5) is 0. The maximum Gasteiger partial charge on any atom is 0.133 e. The molecule has 122 valence electrons. The lowest BCUT2D eigenvalue weighted by atomic mass is 10.2. The van der Waals surface area contributed by atoms with Gasteiger partial charge in [0.2, 0.25) is 0 Å². The van der Waals surface area contributed by atoms with E-state index in [-0.39, 0.29) is 0 Å². The number of benzene rings is 2. The van der Waals surface area contributed by atoms with Crippen LogP contribution in [0.3, 0.4) is 0 Å². The molecule has 0 atom stereocenters. The highest BCUT2D eigenvalue weighted by Gasteiger charge is 2.02. The molecule has 0 bridgehead atoms. The Bertz CT molecular complexity index is 745. The third-order valence-corrected chi connectivity index (χ3v) is 3.98. The third-order valence-electron chi connectivity index (χ3n) is 3.36. The number of unbranched alkanes of at least 4 members (excludes halogenated alkanes) is 2. The van der Waals surface area contributed by atoms with Crippen LogP contribution in [0.25, 0.3) is 0 Å². The van der Waals surface area contributed by atoms with Crippen LogP contribution in [0.1, 0.15) is 30.4 Å². The number of nitriles is 2. The SMILES string of the molecule is N#Cc1ccc(OCCCCCOc2ccc(C#N)cc2Br)cc1. The van der Waals surface area contributed by atoms with Gasteiger partial charge in [-0.25, -0.2) is 0 Å². The first kappa shape index (κ1) is 17.8. The molecule has 5 heteroatoms. The smallest absolute Gasteiger partial charge is 0.133 e. The Hall–Kier alpha value is -2.50. The van der Waals surface area contributed by atoms with Crippen molar-refractivity contribution in [2.24, 2.45) is 0 Å². The monoisotopic (exact) mass is 384 g/mol. The molecule has 0 aliphatic heterocycles. The summed E-state index contributed by atoms with van der Waals surface area (Å²) >= 11 is 3.40. The first-order valence-corrected chi connectivity index (χ1v) is 8.47. The summed E-state index contributed by atoms with van der Waals surface area (Å²) in [7, 11) is 0. The van der Waals surface area contributed by atoms with Crippen LogP contribution in [0.2, 0.25) is 0 Å². The van der Waals surface area contributed by atoms with Crippen LogP contribution in [0.4, 0.5) is 0 Å². The molecular formula is C19H17BrN2O2. The molecule has 0 heterocycles. The normalized spacial score (nSPS) is 9.79. The Labute approximate surface area is 150 Å². The first-order valence-electron chi connectivity index (χ1n) is 7.68. The molecule has 0 spiro atoms. The van der Waals surface area contributed by atoms with E-state index in [9.17, 15) is 0 Å². The number of nitrogens with zero attached hydrogens (tertiary/aromatic N) is 2. The minimum absolute atomic E-state index is 0.606. The van der Waals surface area contributed by atoms with E-state index in [4.69, 9.17) is 20.0 Å². The summed E-state index contributed by atoms with van der Waals surface area (Å²) in [6.07, 6.45) is 2.88. The van der Waals surface area contributed by atoms with Crippen LogP contribution in [0.15, 0.2) is 46.9 Å². The Kier molecular flexibility index (Phi) is 7.14.